The van der Waals surface area contributed by atoms with Crippen LogP contribution < -0.4 is 11.1 Å². The molecule has 0 aliphatic carbocycles. The van der Waals surface area contributed by atoms with Crippen LogP contribution in [-0.4, -0.2) is 6.54 Å². The summed E-state index contributed by atoms with van der Waals surface area (Å²) in [5.41, 5.74) is 8.55. The van der Waals surface area contributed by atoms with Gasteiger partial charge < -0.3 is 11.1 Å². The van der Waals surface area contributed by atoms with Gasteiger partial charge in [-0.15, -0.1) is 0 Å². The van der Waals surface area contributed by atoms with Crippen LogP contribution in [-0.2, 0) is 0 Å². The van der Waals surface area contributed by atoms with E-state index < -0.39 is 0 Å². The van der Waals surface area contributed by atoms with Crippen molar-refractivity contribution in [3.63, 3.8) is 0 Å². The summed E-state index contributed by atoms with van der Waals surface area (Å²) < 4.78 is 14.2. The van der Waals surface area contributed by atoms with Crippen molar-refractivity contribution in [1.82, 2.24) is 0 Å². The molecule has 0 heterocycles. The lowest BCUT2D eigenvalue weighted by molar-refractivity contribution is 0.621. The van der Waals surface area contributed by atoms with Gasteiger partial charge in [0, 0.05) is 16.7 Å². The maximum absolute atomic E-state index is 13.4. The van der Waals surface area contributed by atoms with E-state index in [1.54, 1.807) is 12.1 Å². The van der Waals surface area contributed by atoms with Crippen LogP contribution in [0.3, 0.4) is 0 Å². The topological polar surface area (TPSA) is 38.0 Å². The highest BCUT2D eigenvalue weighted by Gasteiger charge is 2.13. The third-order valence-electron chi connectivity index (χ3n) is 3.11. The first-order valence-electron chi connectivity index (χ1n) is 6.19. The monoisotopic (exact) mass is 356 g/mol. The van der Waals surface area contributed by atoms with E-state index in [2.05, 4.69) is 21.2 Å². The third kappa shape index (κ3) is 3.51. The van der Waals surface area contributed by atoms with Crippen molar-refractivity contribution >= 4 is 33.2 Å². The summed E-state index contributed by atoms with van der Waals surface area (Å²) in [5, 5.41) is 3.94. The van der Waals surface area contributed by atoms with Crippen LogP contribution in [0.25, 0.3) is 0 Å². The first kappa shape index (κ1) is 15.3. The molecule has 0 aromatic heterocycles. The molecule has 0 aliphatic heterocycles. The summed E-state index contributed by atoms with van der Waals surface area (Å²) in [7, 11) is 0. The molecule has 0 spiro atoms. The zero-order chi connectivity index (χ0) is 14.7. The minimum Gasteiger partial charge on any atom is -0.377 e. The zero-order valence-corrected chi connectivity index (χ0v) is 13.3. The van der Waals surface area contributed by atoms with Gasteiger partial charge in [-0.3, -0.25) is 0 Å². The van der Waals surface area contributed by atoms with Gasteiger partial charge in [-0.05, 0) is 64.3 Å². The maximum atomic E-state index is 13.4. The molecular formula is C15H15BrClFN2. The Kier molecular flexibility index (Phi) is 5.02. The molecule has 0 aliphatic rings. The second-order valence-electron chi connectivity index (χ2n) is 4.56. The van der Waals surface area contributed by atoms with E-state index in [0.717, 1.165) is 21.3 Å². The molecule has 0 radical (unpaired) electrons. The number of hydrogen-bond donors (Lipinski definition) is 2. The summed E-state index contributed by atoms with van der Waals surface area (Å²) in [4.78, 5) is 0. The van der Waals surface area contributed by atoms with Crippen molar-refractivity contribution in [3.05, 3.63) is 62.8 Å². The van der Waals surface area contributed by atoms with Crippen LogP contribution in [0.1, 0.15) is 17.2 Å². The number of nitrogens with one attached hydrogen (secondary N) is 1. The molecular weight excluding hydrogens is 343 g/mol. The Morgan fingerprint density at radius 3 is 2.70 bits per heavy atom. The summed E-state index contributed by atoms with van der Waals surface area (Å²) in [5.74, 6) is -0.261. The molecule has 3 N–H and O–H groups in total. The third-order valence-corrected chi connectivity index (χ3v) is 4.33. The maximum Gasteiger partial charge on any atom is 0.123 e. The van der Waals surface area contributed by atoms with Crippen molar-refractivity contribution in [3.8, 4) is 0 Å². The van der Waals surface area contributed by atoms with Crippen LogP contribution in [0, 0.1) is 12.7 Å². The molecule has 0 fully saturated rings. The Morgan fingerprint density at radius 2 is 2.05 bits per heavy atom. The molecule has 2 rings (SSSR count). The first-order valence-corrected chi connectivity index (χ1v) is 7.36. The number of hydrogen-bond acceptors (Lipinski definition) is 2. The normalized spacial score (nSPS) is 12.2. The molecule has 2 aromatic rings. The van der Waals surface area contributed by atoms with Gasteiger partial charge in [-0.2, -0.15) is 0 Å². The van der Waals surface area contributed by atoms with Crippen molar-refractivity contribution in [1.29, 1.82) is 0 Å². The largest absolute Gasteiger partial charge is 0.377 e. The highest BCUT2D eigenvalue weighted by molar-refractivity contribution is 9.10. The fraction of sp³-hybridized carbons (Fsp3) is 0.200. The zero-order valence-electron chi connectivity index (χ0n) is 11.0. The molecule has 0 bridgehead atoms. The second kappa shape index (κ2) is 6.57. The molecule has 0 saturated heterocycles. The van der Waals surface area contributed by atoms with Gasteiger partial charge in [-0.25, -0.2) is 4.39 Å². The Bertz CT molecular complexity index is 619. The van der Waals surface area contributed by atoms with Crippen molar-refractivity contribution < 1.29 is 4.39 Å². The van der Waals surface area contributed by atoms with Gasteiger partial charge in [-0.1, -0.05) is 17.7 Å². The van der Waals surface area contributed by atoms with Gasteiger partial charge in [0.15, 0.2) is 0 Å². The molecule has 5 heteroatoms. The number of rotatable bonds is 4. The van der Waals surface area contributed by atoms with Gasteiger partial charge in [0.1, 0.15) is 5.82 Å². The smallest absolute Gasteiger partial charge is 0.123 e. The quantitative estimate of drug-likeness (QED) is 0.835. The Morgan fingerprint density at radius 1 is 1.30 bits per heavy atom. The van der Waals surface area contributed by atoms with Crippen molar-refractivity contribution in [2.24, 2.45) is 5.73 Å². The Labute approximate surface area is 131 Å². The molecule has 0 saturated carbocycles. The predicted octanol–water partition coefficient (Wildman–Crippen LogP) is 4.66. The van der Waals surface area contributed by atoms with E-state index in [9.17, 15) is 4.39 Å². The molecule has 1 atom stereocenters. The van der Waals surface area contributed by atoms with E-state index in [4.69, 9.17) is 17.3 Å². The van der Waals surface area contributed by atoms with E-state index in [1.165, 1.54) is 12.1 Å². The molecule has 1 unspecified atom stereocenters. The standard InChI is InChI=1S/C15H15BrClFN2/c1-9-2-3-10(18)6-12(9)15(8-19)20-11-4-5-14(17)13(16)7-11/h2-7,15,20H,8,19H2,1H3. The van der Waals surface area contributed by atoms with Crippen LogP contribution in [0.15, 0.2) is 40.9 Å². The lowest BCUT2D eigenvalue weighted by Gasteiger charge is -2.21. The lowest BCUT2D eigenvalue weighted by Crippen LogP contribution is -2.21. The predicted molar refractivity (Wildman–Crippen MR) is 85.7 cm³/mol. The Hall–Kier alpha value is -1.10. The average molecular weight is 358 g/mol. The summed E-state index contributed by atoms with van der Waals surface area (Å²) in [6.07, 6.45) is 0. The number of benzene rings is 2. The van der Waals surface area contributed by atoms with Crippen LogP contribution in [0.4, 0.5) is 10.1 Å². The summed E-state index contributed by atoms with van der Waals surface area (Å²) in [6.45, 7) is 2.31. The van der Waals surface area contributed by atoms with E-state index in [1.807, 2.05) is 19.1 Å². The fourth-order valence-corrected chi connectivity index (χ4v) is 2.53. The molecule has 20 heavy (non-hydrogen) atoms. The summed E-state index contributed by atoms with van der Waals surface area (Å²) in [6, 6.07) is 10.1. The highest BCUT2D eigenvalue weighted by atomic mass is 79.9. The SMILES string of the molecule is Cc1ccc(F)cc1C(CN)Nc1ccc(Cl)c(Br)c1. The van der Waals surface area contributed by atoms with Gasteiger partial charge in [0.25, 0.3) is 0 Å². The van der Waals surface area contributed by atoms with Crippen LogP contribution in [0.5, 0.6) is 0 Å². The average Bonchev–Trinajstić information content (AvgIpc) is 2.43. The number of halogens is 3. The minimum absolute atomic E-state index is 0.154. The van der Waals surface area contributed by atoms with E-state index >= 15 is 0 Å². The fourth-order valence-electron chi connectivity index (χ4n) is 2.04. The summed E-state index contributed by atoms with van der Waals surface area (Å²) >= 11 is 9.34. The van der Waals surface area contributed by atoms with Crippen molar-refractivity contribution in [2.45, 2.75) is 13.0 Å². The van der Waals surface area contributed by atoms with Crippen molar-refractivity contribution in [2.75, 3.05) is 11.9 Å². The van der Waals surface area contributed by atoms with E-state index in [0.29, 0.717) is 11.6 Å². The Balaban J connectivity index is 2.28. The first-order chi connectivity index (χ1) is 9.51. The number of nitrogens with two attached hydrogens (primary N) is 1. The second-order valence-corrected chi connectivity index (χ2v) is 5.82. The van der Waals surface area contributed by atoms with Gasteiger partial charge in [0.05, 0.1) is 11.1 Å². The molecule has 2 nitrogen and oxygen atoms in total. The van der Waals surface area contributed by atoms with Gasteiger partial charge >= 0.3 is 0 Å². The number of aryl methyl sites for hydroxylation is 1. The lowest BCUT2D eigenvalue weighted by atomic mass is 10.0. The van der Waals surface area contributed by atoms with E-state index in [-0.39, 0.29) is 11.9 Å². The number of anilines is 1. The minimum atomic E-state index is -0.261. The molecule has 106 valence electrons. The highest BCUT2D eigenvalue weighted by Crippen LogP contribution is 2.28. The molecule has 0 amide bonds. The van der Waals surface area contributed by atoms with Gasteiger partial charge in [0.2, 0.25) is 0 Å². The van der Waals surface area contributed by atoms with Crippen LogP contribution in [0.2, 0.25) is 5.02 Å². The molecule has 2 aromatic carbocycles. The van der Waals surface area contributed by atoms with Crippen LogP contribution >= 0.6 is 27.5 Å².